The predicted octanol–water partition coefficient (Wildman–Crippen LogP) is 2.96. The lowest BCUT2D eigenvalue weighted by atomic mass is 10.3. The number of esters is 1. The molecule has 0 radical (unpaired) electrons. The molecule has 2 heterocycles. The molecule has 0 spiro atoms. The highest BCUT2D eigenvalue weighted by Gasteiger charge is 2.14. The van der Waals surface area contributed by atoms with Gasteiger partial charge in [-0.1, -0.05) is 0 Å². The Morgan fingerprint density at radius 1 is 1.42 bits per heavy atom. The van der Waals surface area contributed by atoms with Gasteiger partial charge in [0.1, 0.15) is 4.60 Å². The molecule has 0 unspecified atom stereocenters. The van der Waals surface area contributed by atoms with Crippen LogP contribution in [-0.4, -0.2) is 23.2 Å². The van der Waals surface area contributed by atoms with Gasteiger partial charge in [-0.15, -0.1) is 0 Å². The van der Waals surface area contributed by atoms with E-state index >= 15 is 0 Å². The van der Waals surface area contributed by atoms with Crippen molar-refractivity contribution in [1.82, 2.24) is 10.1 Å². The second kappa shape index (κ2) is 6.16. The van der Waals surface area contributed by atoms with E-state index < -0.39 is 5.97 Å². The molecule has 0 saturated carbocycles. The lowest BCUT2D eigenvalue weighted by Gasteiger charge is -2.04. The first-order valence-electron chi connectivity index (χ1n) is 5.08. The van der Waals surface area contributed by atoms with Gasteiger partial charge in [-0.3, -0.25) is 0 Å². The van der Waals surface area contributed by atoms with E-state index in [9.17, 15) is 4.79 Å². The number of pyridine rings is 1. The van der Waals surface area contributed by atoms with Gasteiger partial charge in [-0.25, -0.2) is 9.78 Å². The van der Waals surface area contributed by atoms with Crippen molar-refractivity contribution in [2.24, 2.45) is 0 Å². The van der Waals surface area contributed by atoms with E-state index in [0.717, 1.165) is 0 Å². The maximum absolute atomic E-state index is 11.9. The summed E-state index contributed by atoms with van der Waals surface area (Å²) in [6, 6.07) is 3.11. The van der Waals surface area contributed by atoms with Crippen molar-refractivity contribution < 1.29 is 18.8 Å². The number of carbonyl (C=O) groups is 1. The molecular formula is C11H8Br2N2O4. The van der Waals surface area contributed by atoms with Crippen LogP contribution in [0.2, 0.25) is 0 Å². The zero-order chi connectivity index (χ0) is 13.8. The zero-order valence-electron chi connectivity index (χ0n) is 9.72. The molecule has 19 heavy (non-hydrogen) atoms. The number of carbonyl (C=O) groups excluding carboxylic acids is 1. The Kier molecular flexibility index (Phi) is 4.54. The molecule has 0 aliphatic rings. The van der Waals surface area contributed by atoms with Gasteiger partial charge in [0.15, 0.2) is 12.4 Å². The van der Waals surface area contributed by atoms with Gasteiger partial charge in [-0.2, -0.15) is 0 Å². The Bertz CT molecular complexity index is 600. The number of ether oxygens (including phenoxy) is 2. The second-order valence-electron chi connectivity index (χ2n) is 3.40. The van der Waals surface area contributed by atoms with Gasteiger partial charge in [0, 0.05) is 12.3 Å². The molecule has 0 aromatic carbocycles. The molecule has 100 valence electrons. The van der Waals surface area contributed by atoms with Crippen LogP contribution in [0.15, 0.2) is 31.9 Å². The van der Waals surface area contributed by atoms with Crippen molar-refractivity contribution in [3.05, 3.63) is 38.7 Å². The maximum Gasteiger partial charge on any atom is 0.339 e. The molecule has 6 nitrogen and oxygen atoms in total. The second-order valence-corrected chi connectivity index (χ2v) is 5.07. The van der Waals surface area contributed by atoms with Crippen molar-refractivity contribution in [2.75, 3.05) is 7.11 Å². The Morgan fingerprint density at radius 3 is 2.89 bits per heavy atom. The molecule has 0 N–H and O–H groups in total. The number of hydrogen-bond acceptors (Lipinski definition) is 6. The highest BCUT2D eigenvalue weighted by atomic mass is 79.9. The van der Waals surface area contributed by atoms with Crippen LogP contribution < -0.4 is 4.74 Å². The number of halogens is 2. The third-order valence-corrected chi connectivity index (χ3v) is 3.20. The fourth-order valence-electron chi connectivity index (χ4n) is 1.24. The smallest absolute Gasteiger partial charge is 0.339 e. The molecule has 0 saturated heterocycles. The Labute approximate surface area is 125 Å². The van der Waals surface area contributed by atoms with Crippen molar-refractivity contribution >= 4 is 37.8 Å². The summed E-state index contributed by atoms with van der Waals surface area (Å²) in [7, 11) is 1.47. The lowest BCUT2D eigenvalue weighted by Crippen LogP contribution is -2.06. The Morgan fingerprint density at radius 2 is 2.21 bits per heavy atom. The number of aromatic nitrogens is 2. The van der Waals surface area contributed by atoms with E-state index in [0.29, 0.717) is 26.3 Å². The van der Waals surface area contributed by atoms with E-state index in [2.05, 4.69) is 42.0 Å². The third-order valence-electron chi connectivity index (χ3n) is 2.13. The Hall–Kier alpha value is -1.41. The van der Waals surface area contributed by atoms with E-state index in [-0.39, 0.29) is 6.61 Å². The summed E-state index contributed by atoms with van der Waals surface area (Å²) in [5, 5.41) is 3.60. The monoisotopic (exact) mass is 390 g/mol. The van der Waals surface area contributed by atoms with E-state index in [1.807, 2.05) is 0 Å². The maximum atomic E-state index is 11.9. The normalized spacial score (nSPS) is 10.3. The molecule has 2 aromatic rings. The largest absolute Gasteiger partial charge is 0.479 e. The van der Waals surface area contributed by atoms with Crippen LogP contribution in [0.4, 0.5) is 0 Å². The first-order valence-corrected chi connectivity index (χ1v) is 6.66. The number of hydrogen-bond donors (Lipinski definition) is 0. The van der Waals surface area contributed by atoms with Gasteiger partial charge in [-0.05, 0) is 43.1 Å². The van der Waals surface area contributed by atoms with E-state index in [1.54, 1.807) is 12.1 Å². The highest BCUT2D eigenvalue weighted by Crippen LogP contribution is 2.20. The van der Waals surface area contributed by atoms with E-state index in [4.69, 9.17) is 14.0 Å². The zero-order valence-corrected chi connectivity index (χ0v) is 12.9. The van der Waals surface area contributed by atoms with Crippen LogP contribution >= 0.6 is 31.9 Å². The average Bonchev–Trinajstić information content (AvgIpc) is 2.87. The minimum atomic E-state index is -0.495. The number of rotatable bonds is 4. The Balaban J connectivity index is 2.03. The van der Waals surface area contributed by atoms with E-state index in [1.165, 1.54) is 13.3 Å². The van der Waals surface area contributed by atoms with Crippen molar-refractivity contribution in [2.45, 2.75) is 6.61 Å². The minimum Gasteiger partial charge on any atom is -0.479 e. The summed E-state index contributed by atoms with van der Waals surface area (Å²) in [5.74, 6) is 0.235. The topological polar surface area (TPSA) is 74.5 Å². The molecule has 0 fully saturated rings. The molecule has 0 amide bonds. The molecule has 8 heteroatoms. The first kappa shape index (κ1) is 14.0. The van der Waals surface area contributed by atoms with Crippen molar-refractivity contribution in [3.63, 3.8) is 0 Å². The minimum absolute atomic E-state index is 0.0262. The average molecular weight is 392 g/mol. The van der Waals surface area contributed by atoms with Crippen LogP contribution in [0.1, 0.15) is 16.1 Å². The highest BCUT2D eigenvalue weighted by molar-refractivity contribution is 9.11. The van der Waals surface area contributed by atoms with Crippen molar-refractivity contribution in [3.8, 4) is 5.88 Å². The standard InChI is InChI=1S/C11H8Br2N2O4/c1-17-10-2-6(19-15-10)5-18-11(16)7-3-9(13)14-4-8(7)12/h2-4H,5H2,1H3. The fourth-order valence-corrected chi connectivity index (χ4v) is 1.95. The number of nitrogens with zero attached hydrogens (tertiary/aromatic N) is 2. The van der Waals surface area contributed by atoms with Crippen molar-refractivity contribution in [1.29, 1.82) is 0 Å². The van der Waals surface area contributed by atoms with Gasteiger partial charge >= 0.3 is 5.97 Å². The van der Waals surface area contributed by atoms with Gasteiger partial charge < -0.3 is 14.0 Å². The summed E-state index contributed by atoms with van der Waals surface area (Å²) in [5.41, 5.74) is 0.369. The summed E-state index contributed by atoms with van der Waals surface area (Å²) in [6.45, 7) is -0.0262. The molecule has 0 atom stereocenters. The van der Waals surface area contributed by atoms with Gasteiger partial charge in [0.25, 0.3) is 5.88 Å². The number of methoxy groups -OCH3 is 1. The summed E-state index contributed by atoms with van der Waals surface area (Å²) in [4.78, 5) is 15.8. The molecule has 0 aliphatic heterocycles. The lowest BCUT2D eigenvalue weighted by molar-refractivity contribution is 0.0436. The molecule has 0 bridgehead atoms. The summed E-state index contributed by atoms with van der Waals surface area (Å²) < 4.78 is 16.0. The SMILES string of the molecule is COc1cc(COC(=O)c2cc(Br)ncc2Br)on1. The van der Waals surface area contributed by atoms with Crippen LogP contribution in [0.5, 0.6) is 5.88 Å². The first-order chi connectivity index (χ1) is 9.10. The summed E-state index contributed by atoms with van der Waals surface area (Å²) >= 11 is 6.42. The van der Waals surface area contributed by atoms with Gasteiger partial charge in [0.2, 0.25) is 0 Å². The van der Waals surface area contributed by atoms with Crippen LogP contribution in [-0.2, 0) is 11.3 Å². The summed E-state index contributed by atoms with van der Waals surface area (Å²) in [6.07, 6.45) is 1.51. The quantitative estimate of drug-likeness (QED) is 0.589. The van der Waals surface area contributed by atoms with Crippen LogP contribution in [0, 0.1) is 0 Å². The third kappa shape index (κ3) is 3.54. The molecule has 0 aliphatic carbocycles. The van der Waals surface area contributed by atoms with Gasteiger partial charge in [0.05, 0.1) is 17.1 Å². The molecular weight excluding hydrogens is 384 g/mol. The predicted molar refractivity (Wildman–Crippen MR) is 71.8 cm³/mol. The fraction of sp³-hybridized carbons (Fsp3) is 0.182. The molecule has 2 rings (SSSR count). The van der Waals surface area contributed by atoms with Crippen LogP contribution in [0.25, 0.3) is 0 Å². The molecule has 2 aromatic heterocycles. The van der Waals surface area contributed by atoms with Crippen LogP contribution in [0.3, 0.4) is 0 Å².